The van der Waals surface area contributed by atoms with Crippen LogP contribution in [0.2, 0.25) is 0 Å². The number of rotatable bonds is 7. The fraction of sp³-hybridized carbons (Fsp3) is 0.632. The first-order valence-corrected chi connectivity index (χ1v) is 20.6. The third kappa shape index (κ3) is 8.42. The Labute approximate surface area is 316 Å². The first-order valence-electron chi connectivity index (χ1n) is 19.0. The molecule has 0 spiro atoms. The molecule has 6 rings (SSSR count). The minimum Gasteiger partial charge on any atom is -0.471 e. The van der Waals surface area contributed by atoms with Crippen LogP contribution < -0.4 is 31.0 Å². The van der Waals surface area contributed by atoms with E-state index in [1.165, 1.54) is 9.58 Å². The summed E-state index contributed by atoms with van der Waals surface area (Å²) in [6.45, 7) is 11.5. The van der Waals surface area contributed by atoms with Crippen molar-refractivity contribution in [2.75, 3.05) is 6.54 Å². The number of sulfonamides is 1. The number of nitrogens with one attached hydrogen (secondary N) is 4. The Kier molecular flexibility index (Phi) is 10.9. The summed E-state index contributed by atoms with van der Waals surface area (Å²) in [5.74, 6) is -2.38. The number of ether oxygens (including phenoxy) is 1. The lowest BCUT2D eigenvalue weighted by atomic mass is 9.88. The smallest absolute Gasteiger partial charge is 0.315 e. The maximum absolute atomic E-state index is 14.8. The average Bonchev–Trinajstić information content (AvgIpc) is 4.02. The van der Waals surface area contributed by atoms with Crippen molar-refractivity contribution < 1.29 is 32.3 Å². The Hall–Kier alpha value is -4.47. The van der Waals surface area contributed by atoms with E-state index in [0.717, 1.165) is 6.42 Å². The highest BCUT2D eigenvalue weighted by atomic mass is 32.2. The van der Waals surface area contributed by atoms with Gasteiger partial charge in [0.1, 0.15) is 23.7 Å². The van der Waals surface area contributed by atoms with E-state index in [4.69, 9.17) is 4.74 Å². The van der Waals surface area contributed by atoms with E-state index in [1.807, 2.05) is 39.8 Å². The molecule has 1 saturated heterocycles. The van der Waals surface area contributed by atoms with Gasteiger partial charge in [-0.05, 0) is 90.2 Å². The quantitative estimate of drug-likeness (QED) is 0.306. The highest BCUT2D eigenvalue weighted by molar-refractivity contribution is 7.91. The maximum Gasteiger partial charge on any atom is 0.315 e. The Morgan fingerprint density at radius 3 is 2.43 bits per heavy atom. The van der Waals surface area contributed by atoms with Gasteiger partial charge in [0.2, 0.25) is 27.7 Å². The van der Waals surface area contributed by atoms with Gasteiger partial charge in [-0.1, -0.05) is 38.1 Å². The number of aromatic nitrogens is 2. The third-order valence-electron chi connectivity index (χ3n) is 10.8. The molecule has 0 unspecified atom stereocenters. The van der Waals surface area contributed by atoms with Crippen LogP contribution in [0, 0.1) is 17.8 Å². The van der Waals surface area contributed by atoms with Crippen molar-refractivity contribution in [2.24, 2.45) is 17.8 Å². The minimum absolute atomic E-state index is 0.00308. The SMILES string of the molecule is CCn1nc(O[C@@H]2C[C@H]3C(=O)N[C@]4(C(=O)NS(=O)(=O)C5CC5)C[C@H]4/C=C\CC[C@@H](C)C[C@@H](C)[C@H](NC(=O)NC(C)(C)C)C(=O)N3C2)c2ccccc2c1=O. The van der Waals surface area contributed by atoms with Crippen molar-refractivity contribution >= 4 is 44.5 Å². The van der Waals surface area contributed by atoms with Crippen LogP contribution in [0.5, 0.6) is 5.88 Å². The lowest BCUT2D eigenvalue weighted by Gasteiger charge is -2.33. The van der Waals surface area contributed by atoms with Crippen molar-refractivity contribution in [1.29, 1.82) is 0 Å². The summed E-state index contributed by atoms with van der Waals surface area (Å²) in [4.78, 5) is 70.7. The Morgan fingerprint density at radius 1 is 1.06 bits per heavy atom. The molecule has 3 heterocycles. The number of carbonyl (C=O) groups excluding carboxylic acids is 4. The molecule has 15 nitrogen and oxygen atoms in total. The zero-order valence-electron chi connectivity index (χ0n) is 31.9. The second kappa shape index (κ2) is 15.0. The summed E-state index contributed by atoms with van der Waals surface area (Å²) in [6.07, 6.45) is 6.23. The molecule has 2 aliphatic heterocycles. The second-order valence-electron chi connectivity index (χ2n) is 16.6. The molecule has 294 valence electrons. The van der Waals surface area contributed by atoms with Crippen LogP contribution in [0.3, 0.4) is 0 Å². The van der Waals surface area contributed by atoms with Crippen LogP contribution in [-0.4, -0.2) is 87.9 Å². The molecular formula is C38H53N7O8S. The number of allylic oxidation sites excluding steroid dienone is 1. The summed E-state index contributed by atoms with van der Waals surface area (Å²) in [6, 6.07) is 4.23. The molecule has 7 atom stereocenters. The van der Waals surface area contributed by atoms with Crippen molar-refractivity contribution in [3.05, 3.63) is 46.8 Å². The van der Waals surface area contributed by atoms with E-state index in [2.05, 4.69) is 32.7 Å². The number of carbonyl (C=O) groups is 4. The van der Waals surface area contributed by atoms with Gasteiger partial charge in [0.05, 0.1) is 22.6 Å². The summed E-state index contributed by atoms with van der Waals surface area (Å²) in [5.41, 5.74) is -2.39. The van der Waals surface area contributed by atoms with Crippen molar-refractivity contribution in [3.63, 3.8) is 0 Å². The predicted molar refractivity (Wildman–Crippen MR) is 202 cm³/mol. The Balaban J connectivity index is 1.37. The third-order valence-corrected chi connectivity index (χ3v) is 12.6. The van der Waals surface area contributed by atoms with E-state index >= 15 is 0 Å². The van der Waals surface area contributed by atoms with Crippen LogP contribution in [0.4, 0.5) is 4.79 Å². The Morgan fingerprint density at radius 2 is 1.76 bits per heavy atom. The van der Waals surface area contributed by atoms with Gasteiger partial charge in [0.15, 0.2) is 0 Å². The van der Waals surface area contributed by atoms with Gasteiger partial charge < -0.3 is 25.6 Å². The van der Waals surface area contributed by atoms with E-state index in [-0.39, 0.29) is 49.2 Å². The topological polar surface area (TPSA) is 198 Å². The van der Waals surface area contributed by atoms with Crippen LogP contribution in [0.25, 0.3) is 10.8 Å². The van der Waals surface area contributed by atoms with Crippen LogP contribution in [-0.2, 0) is 31.0 Å². The zero-order chi connectivity index (χ0) is 39.2. The minimum atomic E-state index is -3.91. The van der Waals surface area contributed by atoms with E-state index < -0.39 is 74.2 Å². The number of benzene rings is 1. The van der Waals surface area contributed by atoms with Gasteiger partial charge in [-0.3, -0.25) is 23.9 Å². The summed E-state index contributed by atoms with van der Waals surface area (Å²) >= 11 is 0. The fourth-order valence-corrected chi connectivity index (χ4v) is 9.04. The molecular weight excluding hydrogens is 715 g/mol. The lowest BCUT2D eigenvalue weighted by Crippen LogP contribution is -2.60. The first-order chi connectivity index (χ1) is 25.4. The molecule has 1 aromatic heterocycles. The van der Waals surface area contributed by atoms with Gasteiger partial charge in [0, 0.05) is 24.4 Å². The molecule has 2 aromatic rings. The van der Waals surface area contributed by atoms with Crippen LogP contribution >= 0.6 is 0 Å². The van der Waals surface area contributed by atoms with Gasteiger partial charge in [-0.2, -0.15) is 0 Å². The normalized spacial score (nSPS) is 29.9. The second-order valence-corrected chi connectivity index (χ2v) is 18.5. The highest BCUT2D eigenvalue weighted by Gasteiger charge is 2.62. The number of amides is 5. The molecule has 5 amide bonds. The molecule has 54 heavy (non-hydrogen) atoms. The average molecular weight is 768 g/mol. The molecule has 0 radical (unpaired) electrons. The van der Waals surface area contributed by atoms with Gasteiger partial charge in [0.25, 0.3) is 11.5 Å². The summed E-state index contributed by atoms with van der Waals surface area (Å²) in [7, 11) is -3.91. The number of urea groups is 1. The lowest BCUT2D eigenvalue weighted by molar-refractivity contribution is -0.142. The fourth-order valence-electron chi connectivity index (χ4n) is 7.68. The molecule has 2 aliphatic carbocycles. The predicted octanol–water partition coefficient (Wildman–Crippen LogP) is 2.73. The standard InChI is InChI=1S/C38H53N7O8S/c1-7-45-33(47)28-15-11-10-14-27(28)32(42-45)53-25-19-29-31(46)40-38(35(49)43-54(51,52)26-16-17-26)20-24(38)13-9-8-12-22(2)18-23(3)30(34(48)44(29)21-25)39-36(50)41-37(4,5)6/h9-11,13-15,22-26,29-30H,7-8,12,16-21H2,1-6H3,(H,40,46)(H,43,49)(H2,39,41,50)/b13-9-/t22-,23-,24-,25-,29+,30+,38-/m1/s1. The van der Waals surface area contributed by atoms with Gasteiger partial charge >= 0.3 is 6.03 Å². The molecule has 0 bridgehead atoms. The van der Waals surface area contributed by atoms with Gasteiger partial charge in [-0.15, -0.1) is 5.10 Å². The summed E-state index contributed by atoms with van der Waals surface area (Å²) < 4.78 is 35.7. The number of aryl methyl sites for hydroxylation is 1. The summed E-state index contributed by atoms with van der Waals surface area (Å²) in [5, 5.41) is 13.4. The number of hydrogen-bond acceptors (Lipinski definition) is 9. The molecule has 3 fully saturated rings. The molecule has 16 heteroatoms. The molecule has 1 aromatic carbocycles. The van der Waals surface area contributed by atoms with Crippen LogP contribution in [0.15, 0.2) is 41.2 Å². The Bertz CT molecular complexity index is 2010. The molecule has 4 N–H and O–H groups in total. The monoisotopic (exact) mass is 767 g/mol. The first kappa shape index (κ1) is 39.2. The van der Waals surface area contributed by atoms with E-state index in [0.29, 0.717) is 36.5 Å². The maximum atomic E-state index is 14.8. The van der Waals surface area contributed by atoms with Gasteiger partial charge in [-0.25, -0.2) is 17.9 Å². The van der Waals surface area contributed by atoms with E-state index in [1.54, 1.807) is 31.2 Å². The van der Waals surface area contributed by atoms with Crippen molar-refractivity contribution in [1.82, 2.24) is 35.4 Å². The van der Waals surface area contributed by atoms with Crippen molar-refractivity contribution in [2.45, 2.75) is 128 Å². The largest absolute Gasteiger partial charge is 0.471 e. The highest BCUT2D eigenvalue weighted by Crippen LogP contribution is 2.46. The molecule has 2 saturated carbocycles. The van der Waals surface area contributed by atoms with Crippen molar-refractivity contribution in [3.8, 4) is 5.88 Å². The number of fused-ring (bicyclic) bond motifs is 3. The van der Waals surface area contributed by atoms with E-state index in [9.17, 15) is 32.4 Å². The van der Waals surface area contributed by atoms with Crippen LogP contribution in [0.1, 0.15) is 86.5 Å². The number of nitrogens with zero attached hydrogens (tertiary/aromatic N) is 3. The molecule has 4 aliphatic rings. The number of hydrogen-bond donors (Lipinski definition) is 4. The zero-order valence-corrected chi connectivity index (χ0v) is 32.7.